The summed E-state index contributed by atoms with van der Waals surface area (Å²) in [6.07, 6.45) is 6.62. The molecule has 1 aliphatic rings. The molecule has 1 atom stereocenters. The SMILES string of the molecule is CCC(CCCl)CNC(=O)CC1CCC1. The van der Waals surface area contributed by atoms with Gasteiger partial charge in [-0.1, -0.05) is 19.8 Å². The van der Waals surface area contributed by atoms with Crippen LogP contribution >= 0.6 is 11.6 Å². The number of hydrogen-bond acceptors (Lipinski definition) is 1. The molecule has 1 fully saturated rings. The summed E-state index contributed by atoms with van der Waals surface area (Å²) in [5.74, 6) is 2.13. The Morgan fingerprint density at radius 3 is 2.73 bits per heavy atom. The highest BCUT2D eigenvalue weighted by molar-refractivity contribution is 6.17. The summed E-state index contributed by atoms with van der Waals surface area (Å²) < 4.78 is 0. The van der Waals surface area contributed by atoms with Crippen LogP contribution in [0.4, 0.5) is 0 Å². The van der Waals surface area contributed by atoms with Crippen molar-refractivity contribution < 1.29 is 4.79 Å². The molecule has 3 heteroatoms. The van der Waals surface area contributed by atoms with E-state index in [4.69, 9.17) is 11.6 Å². The Morgan fingerprint density at radius 1 is 1.53 bits per heavy atom. The third kappa shape index (κ3) is 4.87. The van der Waals surface area contributed by atoms with Crippen LogP contribution in [-0.4, -0.2) is 18.3 Å². The molecule has 1 N–H and O–H groups in total. The van der Waals surface area contributed by atoms with Gasteiger partial charge in [0, 0.05) is 18.8 Å². The maximum absolute atomic E-state index is 11.5. The average molecular weight is 232 g/mol. The monoisotopic (exact) mass is 231 g/mol. The minimum Gasteiger partial charge on any atom is -0.356 e. The fraction of sp³-hybridized carbons (Fsp3) is 0.917. The molecule has 0 saturated heterocycles. The Balaban J connectivity index is 2.08. The Morgan fingerprint density at radius 2 is 2.27 bits per heavy atom. The largest absolute Gasteiger partial charge is 0.356 e. The summed E-state index contributed by atoms with van der Waals surface area (Å²) in [5.41, 5.74) is 0. The summed E-state index contributed by atoms with van der Waals surface area (Å²) in [7, 11) is 0. The van der Waals surface area contributed by atoms with E-state index >= 15 is 0 Å². The van der Waals surface area contributed by atoms with Crippen molar-refractivity contribution in [2.75, 3.05) is 12.4 Å². The zero-order valence-corrected chi connectivity index (χ0v) is 10.4. The van der Waals surface area contributed by atoms with E-state index in [1.165, 1.54) is 19.3 Å². The number of carbonyl (C=O) groups is 1. The highest BCUT2D eigenvalue weighted by Gasteiger charge is 2.20. The van der Waals surface area contributed by atoms with Gasteiger partial charge in [-0.3, -0.25) is 4.79 Å². The van der Waals surface area contributed by atoms with Crippen LogP contribution in [0.1, 0.15) is 45.4 Å². The Kier molecular flexibility index (Phi) is 6.07. The van der Waals surface area contributed by atoms with Crippen LogP contribution in [0.5, 0.6) is 0 Å². The quantitative estimate of drug-likeness (QED) is 0.671. The molecule has 0 aromatic heterocycles. The second kappa shape index (κ2) is 7.10. The van der Waals surface area contributed by atoms with Crippen LogP contribution in [0, 0.1) is 11.8 Å². The molecule has 88 valence electrons. The minimum absolute atomic E-state index is 0.229. The lowest BCUT2D eigenvalue weighted by Crippen LogP contribution is -2.31. The first-order valence-corrected chi connectivity index (χ1v) is 6.62. The molecule has 1 aliphatic carbocycles. The molecule has 0 radical (unpaired) electrons. The van der Waals surface area contributed by atoms with Gasteiger partial charge in [0.1, 0.15) is 0 Å². The summed E-state index contributed by atoms with van der Waals surface area (Å²) in [5, 5.41) is 3.02. The van der Waals surface area contributed by atoms with Gasteiger partial charge in [-0.15, -0.1) is 11.6 Å². The Labute approximate surface area is 97.8 Å². The third-order valence-corrected chi connectivity index (χ3v) is 3.60. The fourth-order valence-electron chi connectivity index (χ4n) is 1.89. The minimum atomic E-state index is 0.229. The van der Waals surface area contributed by atoms with E-state index in [0.717, 1.165) is 25.8 Å². The lowest BCUT2D eigenvalue weighted by molar-refractivity contribution is -0.122. The number of halogens is 1. The highest BCUT2D eigenvalue weighted by Crippen LogP contribution is 2.29. The molecule has 1 rings (SSSR count). The van der Waals surface area contributed by atoms with Crippen molar-refractivity contribution >= 4 is 17.5 Å². The molecule has 0 heterocycles. The normalized spacial score (nSPS) is 18.3. The van der Waals surface area contributed by atoms with Crippen molar-refractivity contribution in [1.29, 1.82) is 0 Å². The lowest BCUT2D eigenvalue weighted by Gasteiger charge is -2.25. The molecular weight excluding hydrogens is 210 g/mol. The number of hydrogen-bond donors (Lipinski definition) is 1. The first-order valence-electron chi connectivity index (χ1n) is 6.09. The smallest absolute Gasteiger partial charge is 0.220 e. The Bertz CT molecular complexity index is 192. The first-order chi connectivity index (χ1) is 7.26. The Hall–Kier alpha value is -0.240. The predicted molar refractivity (Wildman–Crippen MR) is 64.1 cm³/mol. The molecule has 2 nitrogen and oxygen atoms in total. The molecular formula is C12H22ClNO. The standard InChI is InChI=1S/C12H22ClNO/c1-2-10(6-7-13)9-14-12(15)8-11-4-3-5-11/h10-11H,2-9H2,1H3,(H,14,15). The number of carbonyl (C=O) groups excluding carboxylic acids is 1. The van der Waals surface area contributed by atoms with E-state index in [9.17, 15) is 4.79 Å². The molecule has 1 unspecified atom stereocenters. The van der Waals surface area contributed by atoms with Crippen LogP contribution < -0.4 is 5.32 Å². The highest BCUT2D eigenvalue weighted by atomic mass is 35.5. The topological polar surface area (TPSA) is 29.1 Å². The molecule has 15 heavy (non-hydrogen) atoms. The van der Waals surface area contributed by atoms with Crippen LogP contribution in [0.15, 0.2) is 0 Å². The van der Waals surface area contributed by atoms with Crippen molar-refractivity contribution in [1.82, 2.24) is 5.32 Å². The maximum Gasteiger partial charge on any atom is 0.220 e. The second-order valence-electron chi connectivity index (χ2n) is 4.56. The summed E-state index contributed by atoms with van der Waals surface area (Å²) in [6.45, 7) is 2.95. The zero-order valence-electron chi connectivity index (χ0n) is 9.60. The van der Waals surface area contributed by atoms with Gasteiger partial charge in [-0.2, -0.15) is 0 Å². The fourth-order valence-corrected chi connectivity index (χ4v) is 2.20. The lowest BCUT2D eigenvalue weighted by atomic mass is 9.83. The molecule has 0 aliphatic heterocycles. The summed E-state index contributed by atoms with van der Waals surface area (Å²) in [4.78, 5) is 11.5. The van der Waals surface area contributed by atoms with E-state index in [1.54, 1.807) is 0 Å². The van der Waals surface area contributed by atoms with Gasteiger partial charge in [0.25, 0.3) is 0 Å². The van der Waals surface area contributed by atoms with Crippen LogP contribution in [0.25, 0.3) is 0 Å². The summed E-state index contributed by atoms with van der Waals surface area (Å²) in [6, 6.07) is 0. The van der Waals surface area contributed by atoms with Crippen LogP contribution in [0.3, 0.4) is 0 Å². The zero-order chi connectivity index (χ0) is 11.1. The van der Waals surface area contributed by atoms with E-state index in [-0.39, 0.29) is 5.91 Å². The van der Waals surface area contributed by atoms with Gasteiger partial charge in [-0.05, 0) is 31.1 Å². The van der Waals surface area contributed by atoms with E-state index < -0.39 is 0 Å². The van der Waals surface area contributed by atoms with Gasteiger partial charge in [-0.25, -0.2) is 0 Å². The van der Waals surface area contributed by atoms with Gasteiger partial charge in [0.15, 0.2) is 0 Å². The first kappa shape index (κ1) is 12.8. The van der Waals surface area contributed by atoms with Crippen molar-refractivity contribution in [3.05, 3.63) is 0 Å². The van der Waals surface area contributed by atoms with Crippen LogP contribution in [-0.2, 0) is 4.79 Å². The van der Waals surface area contributed by atoms with Gasteiger partial charge < -0.3 is 5.32 Å². The number of amides is 1. The number of rotatable bonds is 7. The van der Waals surface area contributed by atoms with Gasteiger partial charge in [0.2, 0.25) is 5.91 Å². The molecule has 0 aromatic rings. The van der Waals surface area contributed by atoms with Gasteiger partial charge >= 0.3 is 0 Å². The van der Waals surface area contributed by atoms with Crippen molar-refractivity contribution in [2.45, 2.75) is 45.4 Å². The predicted octanol–water partition coefficient (Wildman–Crippen LogP) is 2.95. The third-order valence-electron chi connectivity index (χ3n) is 3.38. The second-order valence-corrected chi connectivity index (χ2v) is 4.94. The van der Waals surface area contributed by atoms with E-state index in [2.05, 4.69) is 12.2 Å². The number of nitrogens with one attached hydrogen (secondary N) is 1. The maximum atomic E-state index is 11.5. The van der Waals surface area contributed by atoms with Crippen molar-refractivity contribution in [2.24, 2.45) is 11.8 Å². The molecule has 0 aromatic carbocycles. The molecule has 0 bridgehead atoms. The number of alkyl halides is 1. The van der Waals surface area contributed by atoms with Crippen molar-refractivity contribution in [3.63, 3.8) is 0 Å². The molecule has 1 saturated carbocycles. The summed E-state index contributed by atoms with van der Waals surface area (Å²) >= 11 is 5.69. The van der Waals surface area contributed by atoms with Crippen molar-refractivity contribution in [3.8, 4) is 0 Å². The van der Waals surface area contributed by atoms with E-state index in [0.29, 0.717) is 17.7 Å². The van der Waals surface area contributed by atoms with Crippen LogP contribution in [0.2, 0.25) is 0 Å². The van der Waals surface area contributed by atoms with Gasteiger partial charge in [0.05, 0.1) is 0 Å². The van der Waals surface area contributed by atoms with E-state index in [1.807, 2.05) is 0 Å². The average Bonchev–Trinajstić information content (AvgIpc) is 2.18. The molecule has 1 amide bonds. The molecule has 0 spiro atoms.